The first-order valence-electron chi connectivity index (χ1n) is 4.46. The van der Waals surface area contributed by atoms with E-state index < -0.39 is 0 Å². The molecule has 0 aliphatic rings. The number of likely N-dealkylation sites (N-methyl/N-ethyl adjacent to an activating group) is 2. The number of Topliss-reactive ketones (excluding diaryl/α,β-unsaturated/α-hetero) is 1. The summed E-state index contributed by atoms with van der Waals surface area (Å²) in [6.45, 7) is 3.91. The van der Waals surface area contributed by atoms with Crippen molar-refractivity contribution < 1.29 is 9.59 Å². The summed E-state index contributed by atoms with van der Waals surface area (Å²) in [6, 6.07) is -0.178. The minimum absolute atomic E-state index is 0.0711. The zero-order chi connectivity index (χ0) is 10.4. The number of amides is 1. The summed E-state index contributed by atoms with van der Waals surface area (Å²) in [5.74, 6) is 0.0876. The zero-order valence-corrected chi connectivity index (χ0v) is 8.76. The maximum Gasteiger partial charge on any atom is 0.233 e. The van der Waals surface area contributed by atoms with Gasteiger partial charge in [-0.15, -0.1) is 0 Å². The Labute approximate surface area is 79.3 Å². The molecular weight excluding hydrogens is 168 g/mol. The first-order valence-corrected chi connectivity index (χ1v) is 4.46. The van der Waals surface area contributed by atoms with Gasteiger partial charge in [-0.2, -0.15) is 0 Å². The van der Waals surface area contributed by atoms with E-state index >= 15 is 0 Å². The van der Waals surface area contributed by atoms with Gasteiger partial charge in [-0.1, -0.05) is 6.92 Å². The lowest BCUT2D eigenvalue weighted by Crippen LogP contribution is -2.41. The van der Waals surface area contributed by atoms with Gasteiger partial charge >= 0.3 is 0 Å². The smallest absolute Gasteiger partial charge is 0.233 e. The van der Waals surface area contributed by atoms with Crippen molar-refractivity contribution in [2.24, 2.45) is 0 Å². The SMILES string of the molecule is CCC(=O)C(C)N(C)CC(=O)NC. The van der Waals surface area contributed by atoms with Crippen LogP contribution in [0, 0.1) is 0 Å². The Balaban J connectivity index is 4.02. The normalized spacial score (nSPS) is 12.7. The van der Waals surface area contributed by atoms with Crippen molar-refractivity contribution in [2.45, 2.75) is 26.3 Å². The van der Waals surface area contributed by atoms with Gasteiger partial charge in [-0.25, -0.2) is 0 Å². The molecule has 76 valence electrons. The van der Waals surface area contributed by atoms with E-state index in [-0.39, 0.29) is 24.3 Å². The van der Waals surface area contributed by atoms with Crippen molar-refractivity contribution in [1.29, 1.82) is 0 Å². The predicted octanol–water partition coefficient (Wildman–Crippen LogP) is 0.0318. The van der Waals surface area contributed by atoms with Crippen LogP contribution in [0.1, 0.15) is 20.3 Å². The van der Waals surface area contributed by atoms with E-state index in [0.29, 0.717) is 6.42 Å². The van der Waals surface area contributed by atoms with Gasteiger partial charge < -0.3 is 5.32 Å². The van der Waals surface area contributed by atoms with Crippen molar-refractivity contribution in [3.05, 3.63) is 0 Å². The molecule has 0 radical (unpaired) electrons. The maximum atomic E-state index is 11.2. The van der Waals surface area contributed by atoms with Crippen LogP contribution in [0.25, 0.3) is 0 Å². The largest absolute Gasteiger partial charge is 0.358 e. The first-order chi connectivity index (χ1) is 6.02. The molecule has 13 heavy (non-hydrogen) atoms. The quantitative estimate of drug-likeness (QED) is 0.659. The van der Waals surface area contributed by atoms with E-state index in [2.05, 4.69) is 5.32 Å². The summed E-state index contributed by atoms with van der Waals surface area (Å²) in [6.07, 6.45) is 0.513. The third-order valence-electron chi connectivity index (χ3n) is 2.15. The fraction of sp³-hybridized carbons (Fsp3) is 0.778. The topological polar surface area (TPSA) is 49.4 Å². The van der Waals surface area contributed by atoms with Crippen LogP contribution < -0.4 is 5.32 Å². The van der Waals surface area contributed by atoms with Gasteiger partial charge in [0, 0.05) is 13.5 Å². The number of ketones is 1. The highest BCUT2D eigenvalue weighted by Gasteiger charge is 2.17. The Kier molecular flexibility index (Phi) is 5.30. The Morgan fingerprint density at radius 3 is 2.38 bits per heavy atom. The average Bonchev–Trinajstić information content (AvgIpc) is 2.14. The van der Waals surface area contributed by atoms with Crippen molar-refractivity contribution in [1.82, 2.24) is 10.2 Å². The molecule has 0 fully saturated rings. The molecule has 4 heteroatoms. The molecule has 0 aliphatic heterocycles. The van der Waals surface area contributed by atoms with Crippen LogP contribution in [0.5, 0.6) is 0 Å². The molecule has 0 aromatic heterocycles. The molecular formula is C9H18N2O2. The predicted molar refractivity (Wildman–Crippen MR) is 51.5 cm³/mol. The summed E-state index contributed by atoms with van der Waals surface area (Å²) in [5.41, 5.74) is 0. The molecule has 0 saturated carbocycles. The number of hydrogen-bond acceptors (Lipinski definition) is 3. The van der Waals surface area contributed by atoms with E-state index in [4.69, 9.17) is 0 Å². The van der Waals surface area contributed by atoms with Crippen LogP contribution in [0.15, 0.2) is 0 Å². The van der Waals surface area contributed by atoms with Gasteiger partial charge in [0.1, 0.15) is 5.78 Å². The maximum absolute atomic E-state index is 11.2. The van der Waals surface area contributed by atoms with Crippen LogP contribution in [0.2, 0.25) is 0 Å². The van der Waals surface area contributed by atoms with E-state index in [0.717, 1.165) is 0 Å². The van der Waals surface area contributed by atoms with E-state index in [1.807, 2.05) is 13.8 Å². The van der Waals surface area contributed by atoms with Crippen molar-refractivity contribution in [3.8, 4) is 0 Å². The highest BCUT2D eigenvalue weighted by atomic mass is 16.2. The van der Waals surface area contributed by atoms with Gasteiger partial charge in [0.25, 0.3) is 0 Å². The molecule has 1 atom stereocenters. The van der Waals surface area contributed by atoms with Crippen LogP contribution in [-0.4, -0.2) is 43.3 Å². The lowest BCUT2D eigenvalue weighted by Gasteiger charge is -2.21. The van der Waals surface area contributed by atoms with Gasteiger partial charge in [0.2, 0.25) is 5.91 Å². The third kappa shape index (κ3) is 4.03. The number of nitrogens with zero attached hydrogens (tertiary/aromatic N) is 1. The Morgan fingerprint density at radius 1 is 1.46 bits per heavy atom. The minimum Gasteiger partial charge on any atom is -0.358 e. The van der Waals surface area contributed by atoms with E-state index in [1.165, 1.54) is 0 Å². The number of hydrogen-bond donors (Lipinski definition) is 1. The average molecular weight is 186 g/mol. The molecule has 1 amide bonds. The molecule has 0 spiro atoms. The van der Waals surface area contributed by atoms with Crippen LogP contribution in [0.4, 0.5) is 0 Å². The standard InChI is InChI=1S/C9H18N2O2/c1-5-8(12)7(2)11(4)6-9(13)10-3/h7H,5-6H2,1-4H3,(H,10,13). The first kappa shape index (κ1) is 12.1. The molecule has 1 unspecified atom stereocenters. The number of rotatable bonds is 5. The molecule has 1 N–H and O–H groups in total. The zero-order valence-electron chi connectivity index (χ0n) is 8.76. The van der Waals surface area contributed by atoms with E-state index in [1.54, 1.807) is 19.0 Å². The molecule has 0 rings (SSSR count). The third-order valence-corrected chi connectivity index (χ3v) is 2.15. The summed E-state index contributed by atoms with van der Waals surface area (Å²) >= 11 is 0. The molecule has 0 heterocycles. The molecule has 0 bridgehead atoms. The summed E-state index contributed by atoms with van der Waals surface area (Å²) in [5, 5.41) is 2.52. The lowest BCUT2D eigenvalue weighted by atomic mass is 10.1. The van der Waals surface area contributed by atoms with Gasteiger partial charge in [0.15, 0.2) is 0 Å². The van der Waals surface area contributed by atoms with Crippen molar-refractivity contribution >= 4 is 11.7 Å². The highest BCUT2D eigenvalue weighted by Crippen LogP contribution is 1.99. The number of carbonyl (C=O) groups is 2. The Bertz CT molecular complexity index is 192. The Hall–Kier alpha value is -0.900. The molecule has 0 aliphatic carbocycles. The van der Waals surface area contributed by atoms with Gasteiger partial charge in [-0.3, -0.25) is 14.5 Å². The summed E-state index contributed by atoms with van der Waals surface area (Å²) in [7, 11) is 3.36. The monoisotopic (exact) mass is 186 g/mol. The second-order valence-corrected chi connectivity index (χ2v) is 3.08. The van der Waals surface area contributed by atoms with Crippen LogP contribution in [-0.2, 0) is 9.59 Å². The molecule has 0 aromatic carbocycles. The summed E-state index contributed by atoms with van der Waals surface area (Å²) < 4.78 is 0. The Morgan fingerprint density at radius 2 is 2.00 bits per heavy atom. The highest BCUT2D eigenvalue weighted by molar-refractivity contribution is 5.84. The van der Waals surface area contributed by atoms with Gasteiger partial charge in [0.05, 0.1) is 12.6 Å². The molecule has 4 nitrogen and oxygen atoms in total. The van der Waals surface area contributed by atoms with E-state index in [9.17, 15) is 9.59 Å². The van der Waals surface area contributed by atoms with Crippen molar-refractivity contribution in [2.75, 3.05) is 20.6 Å². The van der Waals surface area contributed by atoms with Crippen LogP contribution >= 0.6 is 0 Å². The fourth-order valence-electron chi connectivity index (χ4n) is 0.984. The fourth-order valence-corrected chi connectivity index (χ4v) is 0.984. The molecule has 0 saturated heterocycles. The lowest BCUT2D eigenvalue weighted by molar-refractivity contribution is -0.125. The summed E-state index contributed by atoms with van der Waals surface area (Å²) in [4.78, 5) is 24.0. The van der Waals surface area contributed by atoms with Gasteiger partial charge in [-0.05, 0) is 14.0 Å². The van der Waals surface area contributed by atoms with Crippen molar-refractivity contribution in [3.63, 3.8) is 0 Å². The minimum atomic E-state index is -0.178. The second kappa shape index (κ2) is 5.70. The number of nitrogens with one attached hydrogen (secondary N) is 1. The molecule has 0 aromatic rings. The number of carbonyl (C=O) groups excluding carboxylic acids is 2. The van der Waals surface area contributed by atoms with Crippen LogP contribution in [0.3, 0.4) is 0 Å². The second-order valence-electron chi connectivity index (χ2n) is 3.08.